The van der Waals surface area contributed by atoms with Crippen LogP contribution >= 0.6 is 0 Å². The quantitative estimate of drug-likeness (QED) is 0.0261. The Labute approximate surface area is 494 Å². The van der Waals surface area contributed by atoms with Crippen LogP contribution in [0.4, 0.5) is 0 Å². The second-order valence-corrected chi connectivity index (χ2v) is 22.0. The van der Waals surface area contributed by atoms with Gasteiger partial charge in [0.25, 0.3) is 0 Å². The molecule has 0 aliphatic heterocycles. The Balaban J connectivity index is 4.26. The van der Waals surface area contributed by atoms with Crippen molar-refractivity contribution in [2.45, 2.75) is 316 Å². The maximum absolute atomic E-state index is 12.9. The molecule has 6 heteroatoms. The van der Waals surface area contributed by atoms with Crippen molar-refractivity contribution in [3.63, 3.8) is 0 Å². The molecule has 0 aromatic rings. The standard InChI is InChI=1S/C74H124O6/c1-4-7-10-13-16-19-22-25-28-30-31-32-33-34-35-36-37-38-39-40-41-42-43-44-47-49-52-55-58-61-64-67-73(76)79-70-71(69-78-72(75)66-63-60-57-54-51-48-45-27-24-21-18-15-12-9-6-3)80-74(77)68-65-62-59-56-53-50-46-29-26-23-20-17-14-11-8-5-2/h7,9-10,12,16,18-21,23,25,27-29,31-32,45-46,51,54,71H,4-6,8,11,13-15,17,22,24,26,30,33-44,47-50,52-53,55-70H2,1-3H3/b10-7-,12-9-,19-16-,21-18-,23-20-,28-25-,32-31-,45-27-,46-29-,54-51-. The molecule has 80 heavy (non-hydrogen) atoms. The summed E-state index contributed by atoms with van der Waals surface area (Å²) in [6, 6.07) is 0. The van der Waals surface area contributed by atoms with Gasteiger partial charge in [0.15, 0.2) is 6.10 Å². The van der Waals surface area contributed by atoms with Crippen LogP contribution in [0.1, 0.15) is 310 Å². The van der Waals surface area contributed by atoms with Crippen molar-refractivity contribution in [2.75, 3.05) is 13.2 Å². The summed E-state index contributed by atoms with van der Waals surface area (Å²) in [4.78, 5) is 38.3. The van der Waals surface area contributed by atoms with Gasteiger partial charge in [-0.2, -0.15) is 0 Å². The minimum atomic E-state index is -0.805. The summed E-state index contributed by atoms with van der Waals surface area (Å²) in [6.07, 6.45) is 93.7. The molecule has 456 valence electrons. The topological polar surface area (TPSA) is 78.9 Å². The average molecular weight is 1110 g/mol. The number of hydrogen-bond acceptors (Lipinski definition) is 6. The lowest BCUT2D eigenvalue weighted by atomic mass is 10.0. The molecule has 0 aromatic carbocycles. The van der Waals surface area contributed by atoms with Gasteiger partial charge in [-0.3, -0.25) is 14.4 Å². The van der Waals surface area contributed by atoms with E-state index in [1.165, 1.54) is 135 Å². The van der Waals surface area contributed by atoms with Crippen LogP contribution in [0.5, 0.6) is 0 Å². The minimum Gasteiger partial charge on any atom is -0.462 e. The zero-order chi connectivity index (χ0) is 57.8. The Morgan fingerprint density at radius 3 is 0.787 bits per heavy atom. The third-order valence-electron chi connectivity index (χ3n) is 14.2. The Hall–Kier alpha value is -4.19. The molecule has 0 radical (unpaired) electrons. The fraction of sp³-hybridized carbons (Fsp3) is 0.689. The van der Waals surface area contributed by atoms with E-state index in [4.69, 9.17) is 14.2 Å². The number of esters is 3. The van der Waals surface area contributed by atoms with Gasteiger partial charge in [0.2, 0.25) is 0 Å². The van der Waals surface area contributed by atoms with Crippen LogP contribution in [0.3, 0.4) is 0 Å². The third-order valence-corrected chi connectivity index (χ3v) is 14.2. The second kappa shape index (κ2) is 67.3. The number of carbonyl (C=O) groups is 3. The van der Waals surface area contributed by atoms with Crippen molar-refractivity contribution in [1.29, 1.82) is 0 Å². The van der Waals surface area contributed by atoms with E-state index in [0.29, 0.717) is 19.3 Å². The second-order valence-electron chi connectivity index (χ2n) is 22.0. The Bertz CT molecular complexity index is 1650. The fourth-order valence-electron chi connectivity index (χ4n) is 9.22. The summed E-state index contributed by atoms with van der Waals surface area (Å²) in [5.74, 6) is -0.946. The van der Waals surface area contributed by atoms with Gasteiger partial charge in [0.05, 0.1) is 0 Å². The van der Waals surface area contributed by atoms with Crippen LogP contribution in [-0.2, 0) is 28.6 Å². The third kappa shape index (κ3) is 64.6. The molecule has 0 aliphatic rings. The molecule has 6 nitrogen and oxygen atoms in total. The first-order valence-corrected chi connectivity index (χ1v) is 33.5. The minimum absolute atomic E-state index is 0.0967. The van der Waals surface area contributed by atoms with Gasteiger partial charge >= 0.3 is 17.9 Å². The van der Waals surface area contributed by atoms with E-state index in [1.807, 2.05) is 0 Å². The van der Waals surface area contributed by atoms with Gasteiger partial charge in [-0.25, -0.2) is 0 Å². The molecule has 0 saturated carbocycles. The van der Waals surface area contributed by atoms with E-state index >= 15 is 0 Å². The summed E-state index contributed by atoms with van der Waals surface area (Å²) >= 11 is 0. The van der Waals surface area contributed by atoms with Gasteiger partial charge in [-0.1, -0.05) is 284 Å². The lowest BCUT2D eigenvalue weighted by molar-refractivity contribution is -0.167. The molecule has 0 aromatic heterocycles. The molecule has 0 rings (SSSR count). The molecule has 1 unspecified atom stereocenters. The molecule has 0 amide bonds. The highest BCUT2D eigenvalue weighted by Gasteiger charge is 2.19. The first-order chi connectivity index (χ1) is 39.5. The molecule has 0 N–H and O–H groups in total. The summed E-state index contributed by atoms with van der Waals surface area (Å²) < 4.78 is 16.9. The maximum atomic E-state index is 12.9. The molecule has 0 aliphatic carbocycles. The highest BCUT2D eigenvalue weighted by molar-refractivity contribution is 5.71. The highest BCUT2D eigenvalue weighted by atomic mass is 16.6. The Morgan fingerprint density at radius 2 is 0.487 bits per heavy atom. The normalized spacial score (nSPS) is 12.9. The first-order valence-electron chi connectivity index (χ1n) is 33.5. The molecule has 1 atom stereocenters. The zero-order valence-electron chi connectivity index (χ0n) is 52.3. The van der Waals surface area contributed by atoms with E-state index in [1.54, 1.807) is 0 Å². The molecule has 0 saturated heterocycles. The number of allylic oxidation sites excluding steroid dienone is 20. The van der Waals surface area contributed by atoms with Crippen molar-refractivity contribution in [3.05, 3.63) is 122 Å². The van der Waals surface area contributed by atoms with E-state index < -0.39 is 6.10 Å². The average Bonchev–Trinajstić information content (AvgIpc) is 3.46. The number of carbonyl (C=O) groups excluding carboxylic acids is 3. The van der Waals surface area contributed by atoms with E-state index in [9.17, 15) is 14.4 Å². The number of rotatable bonds is 60. The monoisotopic (exact) mass is 1110 g/mol. The number of ether oxygens (including phenoxy) is 3. The summed E-state index contributed by atoms with van der Waals surface area (Å²) in [7, 11) is 0. The zero-order valence-corrected chi connectivity index (χ0v) is 52.3. The van der Waals surface area contributed by atoms with Crippen molar-refractivity contribution in [2.24, 2.45) is 0 Å². The summed E-state index contributed by atoms with van der Waals surface area (Å²) in [5.41, 5.74) is 0. The van der Waals surface area contributed by atoms with Gasteiger partial charge < -0.3 is 14.2 Å². The van der Waals surface area contributed by atoms with Crippen molar-refractivity contribution in [3.8, 4) is 0 Å². The molecular weight excluding hydrogens is 985 g/mol. The lowest BCUT2D eigenvalue weighted by Gasteiger charge is -2.18. The van der Waals surface area contributed by atoms with Crippen molar-refractivity contribution >= 4 is 17.9 Å². The molecular formula is C74H124O6. The fourth-order valence-corrected chi connectivity index (χ4v) is 9.22. The van der Waals surface area contributed by atoms with Gasteiger partial charge in [0.1, 0.15) is 13.2 Å². The number of unbranched alkanes of at least 4 members (excludes halogenated alkanes) is 29. The van der Waals surface area contributed by atoms with Crippen molar-refractivity contribution < 1.29 is 28.6 Å². The summed E-state index contributed by atoms with van der Waals surface area (Å²) in [6.45, 7) is 6.37. The lowest BCUT2D eigenvalue weighted by Crippen LogP contribution is -2.30. The van der Waals surface area contributed by atoms with E-state index in [0.717, 1.165) is 135 Å². The van der Waals surface area contributed by atoms with Crippen LogP contribution in [-0.4, -0.2) is 37.2 Å². The SMILES string of the molecule is CC/C=C\C/C=C\C/C=C\C/C=C\CCCCCCCCCCCCCCCCCCCCC(=O)OCC(COC(=O)CCCC/C=C\C/C=C\C/C=C\C/C=C\CC)OC(=O)CCCCCCC/C=C\C/C=C\CCCCCC. The molecule has 0 bridgehead atoms. The van der Waals surface area contributed by atoms with Crippen LogP contribution in [0.2, 0.25) is 0 Å². The van der Waals surface area contributed by atoms with Crippen LogP contribution in [0.15, 0.2) is 122 Å². The summed E-state index contributed by atoms with van der Waals surface area (Å²) in [5, 5.41) is 0. The van der Waals surface area contributed by atoms with Crippen LogP contribution in [0.25, 0.3) is 0 Å². The highest BCUT2D eigenvalue weighted by Crippen LogP contribution is 2.17. The molecule has 0 spiro atoms. The van der Waals surface area contributed by atoms with Gasteiger partial charge in [-0.05, 0) is 128 Å². The van der Waals surface area contributed by atoms with Gasteiger partial charge in [-0.15, -0.1) is 0 Å². The predicted octanol–water partition coefficient (Wildman–Crippen LogP) is 23.2. The predicted molar refractivity (Wildman–Crippen MR) is 348 cm³/mol. The maximum Gasteiger partial charge on any atom is 0.306 e. The Kier molecular flexibility index (Phi) is 63.8. The van der Waals surface area contributed by atoms with Gasteiger partial charge in [0, 0.05) is 19.3 Å². The largest absolute Gasteiger partial charge is 0.462 e. The van der Waals surface area contributed by atoms with E-state index in [-0.39, 0.29) is 31.1 Å². The Morgan fingerprint density at radius 1 is 0.263 bits per heavy atom. The first kappa shape index (κ1) is 75.8. The van der Waals surface area contributed by atoms with Crippen LogP contribution in [0, 0.1) is 0 Å². The smallest absolute Gasteiger partial charge is 0.306 e. The van der Waals surface area contributed by atoms with Crippen LogP contribution < -0.4 is 0 Å². The van der Waals surface area contributed by atoms with E-state index in [2.05, 4.69) is 142 Å². The molecule has 0 heterocycles. The number of hydrogen-bond donors (Lipinski definition) is 0. The molecule has 0 fully saturated rings. The van der Waals surface area contributed by atoms with Crippen molar-refractivity contribution in [1.82, 2.24) is 0 Å².